The second-order valence-corrected chi connectivity index (χ2v) is 15.4. The molecule has 0 spiro atoms. The Labute approximate surface area is 281 Å². The minimum Gasteiger partial charge on any atom is -0.456 e. The standard InChI is InChI=1S/C30H36N2O5S6/c33-27-22-7-6-21(20-24(22)29(35)31(27)8-2-12-40-16-18-42-14-10-38)37-25-5-1-4-23-26(25)30(36)32(28(23)34)9-3-13-41-17-19-43-15-11-39/h1,4-7,20,38-39H,2-3,8-19H2. The molecule has 232 valence electrons. The van der Waals surface area contributed by atoms with Gasteiger partial charge in [0.1, 0.15) is 11.5 Å². The van der Waals surface area contributed by atoms with Crippen molar-refractivity contribution >= 4 is 95.9 Å². The van der Waals surface area contributed by atoms with Gasteiger partial charge in [0.05, 0.1) is 22.3 Å². The maximum absolute atomic E-state index is 13.3. The summed E-state index contributed by atoms with van der Waals surface area (Å²) in [5.41, 5.74) is 1.18. The SMILES string of the molecule is O=C1c2ccc(Oc3cccc4c3C(=O)N(CCCSCCSCCS)C4=O)cc2C(=O)N1CCCSCCSCCS. The highest BCUT2D eigenvalue weighted by molar-refractivity contribution is 8.03. The molecule has 0 unspecified atom stereocenters. The van der Waals surface area contributed by atoms with Gasteiger partial charge < -0.3 is 4.74 Å². The van der Waals surface area contributed by atoms with Gasteiger partial charge in [-0.3, -0.25) is 29.0 Å². The van der Waals surface area contributed by atoms with Crippen molar-refractivity contribution < 1.29 is 23.9 Å². The molecule has 13 heteroatoms. The van der Waals surface area contributed by atoms with E-state index in [-0.39, 0.29) is 40.5 Å². The zero-order chi connectivity index (χ0) is 30.6. The van der Waals surface area contributed by atoms with Crippen LogP contribution in [-0.4, -0.2) is 104 Å². The lowest BCUT2D eigenvalue weighted by atomic mass is 10.1. The number of thioether (sulfide) groups is 4. The Kier molecular flexibility index (Phi) is 14.4. The van der Waals surface area contributed by atoms with Crippen LogP contribution < -0.4 is 4.74 Å². The number of hydrogen-bond donors (Lipinski definition) is 2. The van der Waals surface area contributed by atoms with Crippen LogP contribution >= 0.6 is 72.3 Å². The molecule has 2 aliphatic heterocycles. The maximum atomic E-state index is 13.3. The molecule has 43 heavy (non-hydrogen) atoms. The van der Waals surface area contributed by atoms with Crippen molar-refractivity contribution in [1.29, 1.82) is 0 Å². The third-order valence-corrected chi connectivity index (χ3v) is 12.4. The zero-order valence-electron chi connectivity index (χ0n) is 23.8. The molecule has 0 saturated carbocycles. The number of rotatable bonds is 20. The maximum Gasteiger partial charge on any atom is 0.265 e. The molecule has 2 aliphatic rings. The van der Waals surface area contributed by atoms with Crippen LogP contribution in [0.15, 0.2) is 36.4 Å². The number of imide groups is 2. The average molecular weight is 697 g/mol. The molecular formula is C30H36N2O5S6. The molecule has 7 nitrogen and oxygen atoms in total. The number of fused-ring (bicyclic) bond motifs is 2. The first-order valence-electron chi connectivity index (χ1n) is 14.2. The van der Waals surface area contributed by atoms with Crippen molar-refractivity contribution in [3.63, 3.8) is 0 Å². The summed E-state index contributed by atoms with van der Waals surface area (Å²) in [4.78, 5) is 55.0. The molecule has 0 saturated heterocycles. The Morgan fingerprint density at radius 3 is 1.72 bits per heavy atom. The molecule has 0 radical (unpaired) electrons. The Balaban J connectivity index is 1.32. The third-order valence-electron chi connectivity index (χ3n) is 6.69. The highest BCUT2D eigenvalue weighted by atomic mass is 32.2. The van der Waals surface area contributed by atoms with E-state index in [1.807, 2.05) is 47.0 Å². The molecule has 4 amide bonds. The van der Waals surface area contributed by atoms with E-state index in [4.69, 9.17) is 4.74 Å². The second kappa shape index (κ2) is 17.9. The van der Waals surface area contributed by atoms with Gasteiger partial charge in [0.2, 0.25) is 0 Å². The van der Waals surface area contributed by atoms with Gasteiger partial charge >= 0.3 is 0 Å². The first-order valence-corrected chi connectivity index (χ1v) is 20.1. The average Bonchev–Trinajstić information content (AvgIpc) is 3.40. The van der Waals surface area contributed by atoms with Gasteiger partial charge in [-0.25, -0.2) is 0 Å². The largest absolute Gasteiger partial charge is 0.456 e. The minimum atomic E-state index is -0.373. The van der Waals surface area contributed by atoms with Crippen LogP contribution in [0.3, 0.4) is 0 Å². The number of benzene rings is 2. The van der Waals surface area contributed by atoms with E-state index in [2.05, 4.69) is 25.3 Å². The van der Waals surface area contributed by atoms with E-state index in [0.29, 0.717) is 30.0 Å². The summed E-state index contributed by atoms with van der Waals surface area (Å²) in [6.07, 6.45) is 1.45. The molecule has 0 fully saturated rings. The fraction of sp³-hybridized carbons (Fsp3) is 0.467. The molecule has 0 bridgehead atoms. The monoisotopic (exact) mass is 696 g/mol. The van der Waals surface area contributed by atoms with Gasteiger partial charge in [-0.1, -0.05) is 6.07 Å². The lowest BCUT2D eigenvalue weighted by molar-refractivity contribution is 0.0638. The third kappa shape index (κ3) is 9.09. The summed E-state index contributed by atoms with van der Waals surface area (Å²) in [5, 5.41) is 0. The summed E-state index contributed by atoms with van der Waals surface area (Å²) in [7, 11) is 0. The minimum absolute atomic E-state index is 0.231. The fourth-order valence-corrected chi connectivity index (χ4v) is 9.08. The predicted molar refractivity (Wildman–Crippen MR) is 190 cm³/mol. The number of amides is 4. The van der Waals surface area contributed by atoms with Crippen molar-refractivity contribution in [2.24, 2.45) is 0 Å². The smallest absolute Gasteiger partial charge is 0.265 e. The summed E-state index contributed by atoms with van der Waals surface area (Å²) in [5.74, 6) is 9.03. The zero-order valence-corrected chi connectivity index (χ0v) is 28.9. The van der Waals surface area contributed by atoms with E-state index in [1.165, 1.54) is 9.80 Å². The van der Waals surface area contributed by atoms with Gasteiger partial charge in [0.15, 0.2) is 0 Å². The number of hydrogen-bond acceptors (Lipinski definition) is 11. The quantitative estimate of drug-likeness (QED) is 0.0950. The molecule has 2 heterocycles. The fourth-order valence-electron chi connectivity index (χ4n) is 4.68. The molecule has 0 aromatic heterocycles. The Morgan fingerprint density at radius 2 is 1.12 bits per heavy atom. The molecule has 4 rings (SSSR count). The lowest BCUT2D eigenvalue weighted by Gasteiger charge is -2.14. The van der Waals surface area contributed by atoms with Crippen LogP contribution in [0.5, 0.6) is 11.5 Å². The Morgan fingerprint density at radius 1 is 0.581 bits per heavy atom. The van der Waals surface area contributed by atoms with Gasteiger partial charge in [-0.15, -0.1) is 0 Å². The highest BCUT2D eigenvalue weighted by Crippen LogP contribution is 2.35. The molecule has 2 aromatic rings. The summed E-state index contributed by atoms with van der Waals surface area (Å²) < 4.78 is 6.07. The molecule has 2 aromatic carbocycles. The lowest BCUT2D eigenvalue weighted by Crippen LogP contribution is -2.31. The van der Waals surface area contributed by atoms with Gasteiger partial charge in [-0.2, -0.15) is 72.3 Å². The predicted octanol–water partition coefficient (Wildman–Crippen LogP) is 6.24. The highest BCUT2D eigenvalue weighted by Gasteiger charge is 2.38. The van der Waals surface area contributed by atoms with E-state index >= 15 is 0 Å². The van der Waals surface area contributed by atoms with E-state index < -0.39 is 0 Å². The van der Waals surface area contributed by atoms with Crippen LogP contribution in [0, 0.1) is 0 Å². The van der Waals surface area contributed by atoms with E-state index in [9.17, 15) is 19.2 Å². The first kappa shape index (κ1) is 34.5. The summed E-state index contributed by atoms with van der Waals surface area (Å²) in [6.45, 7) is 0.715. The number of ether oxygens (including phenoxy) is 1. The van der Waals surface area contributed by atoms with Crippen LogP contribution in [-0.2, 0) is 0 Å². The first-order chi connectivity index (χ1) is 21.0. The molecule has 0 atom stereocenters. The van der Waals surface area contributed by atoms with Gasteiger partial charge in [0.25, 0.3) is 23.6 Å². The van der Waals surface area contributed by atoms with Crippen molar-refractivity contribution in [3.05, 3.63) is 58.7 Å². The Hall–Kier alpha value is -1.38. The number of carbonyl (C=O) groups excluding carboxylic acids is 4. The van der Waals surface area contributed by atoms with Crippen molar-refractivity contribution in [3.8, 4) is 11.5 Å². The number of carbonyl (C=O) groups is 4. The van der Waals surface area contributed by atoms with Crippen molar-refractivity contribution in [2.75, 3.05) is 70.6 Å². The normalized spacial score (nSPS) is 14.2. The molecule has 0 aliphatic carbocycles. The number of thiol groups is 2. The number of nitrogens with zero attached hydrogens (tertiary/aromatic N) is 2. The van der Waals surface area contributed by atoms with Gasteiger partial charge in [-0.05, 0) is 66.2 Å². The van der Waals surface area contributed by atoms with Crippen molar-refractivity contribution in [2.45, 2.75) is 12.8 Å². The molecular weight excluding hydrogens is 661 g/mol. The van der Waals surface area contributed by atoms with E-state index in [1.54, 1.807) is 36.4 Å². The second-order valence-electron chi connectivity index (χ2n) is 9.62. The van der Waals surface area contributed by atoms with Gasteiger partial charge in [0, 0.05) is 47.6 Å². The summed E-state index contributed by atoms with van der Waals surface area (Å²) in [6, 6.07) is 9.73. The Bertz CT molecular complexity index is 1310. The van der Waals surface area contributed by atoms with Crippen molar-refractivity contribution in [1.82, 2.24) is 9.80 Å². The van der Waals surface area contributed by atoms with E-state index in [0.717, 1.165) is 70.4 Å². The van der Waals surface area contributed by atoms with Crippen LogP contribution in [0.1, 0.15) is 54.3 Å². The summed E-state index contributed by atoms with van der Waals surface area (Å²) >= 11 is 15.8. The molecule has 0 N–H and O–H groups in total. The van der Waals surface area contributed by atoms with Crippen LogP contribution in [0.25, 0.3) is 0 Å². The topological polar surface area (TPSA) is 84.0 Å². The van der Waals surface area contributed by atoms with Crippen LogP contribution in [0.4, 0.5) is 0 Å². The van der Waals surface area contributed by atoms with Crippen LogP contribution in [0.2, 0.25) is 0 Å².